The van der Waals surface area contributed by atoms with E-state index in [1.165, 1.54) is 24.5 Å². The quantitative estimate of drug-likeness (QED) is 0.280. The number of para-hydroxylation sites is 1. The Morgan fingerprint density at radius 3 is 2.58 bits per heavy atom. The highest BCUT2D eigenvalue weighted by atomic mass is 32.1. The molecule has 3 aromatic heterocycles. The first-order chi connectivity index (χ1) is 17.1. The van der Waals surface area contributed by atoms with Crippen LogP contribution in [0, 0.1) is 6.92 Å². The van der Waals surface area contributed by atoms with Crippen molar-refractivity contribution in [1.29, 1.82) is 0 Å². The first kappa shape index (κ1) is 25.9. The summed E-state index contributed by atoms with van der Waals surface area (Å²) in [5.41, 5.74) is 1.84. The van der Waals surface area contributed by atoms with E-state index in [-0.39, 0.29) is 23.6 Å². The third kappa shape index (κ3) is 4.63. The number of thiazole rings is 1. The van der Waals surface area contributed by atoms with Crippen molar-refractivity contribution in [2.45, 2.75) is 65.6 Å². The molecule has 0 aliphatic carbocycles. The van der Waals surface area contributed by atoms with Gasteiger partial charge in [0.15, 0.2) is 0 Å². The van der Waals surface area contributed by atoms with Crippen LogP contribution in [0.3, 0.4) is 0 Å². The van der Waals surface area contributed by atoms with E-state index >= 15 is 0 Å². The second-order valence-corrected chi connectivity index (χ2v) is 10.7. The second kappa shape index (κ2) is 10.0. The highest BCUT2D eigenvalue weighted by molar-refractivity contribution is 7.21. The van der Waals surface area contributed by atoms with Gasteiger partial charge in [-0.05, 0) is 59.2 Å². The molecule has 36 heavy (non-hydrogen) atoms. The van der Waals surface area contributed by atoms with E-state index in [1.54, 1.807) is 31.6 Å². The average molecular weight is 509 g/mol. The monoisotopic (exact) mass is 508 g/mol. The van der Waals surface area contributed by atoms with Crippen molar-refractivity contribution in [2.24, 2.45) is 0 Å². The number of aryl methyl sites for hydroxylation is 1. The van der Waals surface area contributed by atoms with Gasteiger partial charge in [-0.25, -0.2) is 4.98 Å². The summed E-state index contributed by atoms with van der Waals surface area (Å²) in [5.74, 6) is 1.12. The fourth-order valence-corrected chi connectivity index (χ4v) is 5.56. The highest BCUT2D eigenvalue weighted by Crippen LogP contribution is 2.38. The van der Waals surface area contributed by atoms with Crippen molar-refractivity contribution >= 4 is 22.0 Å². The number of hydrogen-bond donors (Lipinski definition) is 0. The zero-order valence-electron chi connectivity index (χ0n) is 21.7. The number of fused-ring (bicyclic) bond motifs is 1. The Morgan fingerprint density at radius 1 is 1.25 bits per heavy atom. The van der Waals surface area contributed by atoms with Crippen LogP contribution in [0.15, 0.2) is 52.0 Å². The number of nitrogens with zero attached hydrogens (tertiary/aromatic N) is 2. The van der Waals surface area contributed by atoms with Gasteiger partial charge in [0.2, 0.25) is 5.89 Å². The third-order valence-electron chi connectivity index (χ3n) is 6.60. The number of Topliss-reactive ketones (excluding diaryl/α,β-unsaturated/α-hetero) is 1. The van der Waals surface area contributed by atoms with Crippen LogP contribution in [-0.2, 0) is 21.4 Å². The van der Waals surface area contributed by atoms with Gasteiger partial charge in [-0.3, -0.25) is 14.0 Å². The lowest BCUT2D eigenvalue weighted by Gasteiger charge is -2.25. The topological polar surface area (TPSA) is 83.0 Å². The predicted octanol–water partition coefficient (Wildman–Crippen LogP) is 5.91. The van der Waals surface area contributed by atoms with Crippen LogP contribution in [0.1, 0.15) is 63.1 Å². The number of ketones is 1. The molecule has 0 saturated heterocycles. The first-order valence-electron chi connectivity index (χ1n) is 11.9. The molecule has 7 nitrogen and oxygen atoms in total. The first-order valence-corrected chi connectivity index (χ1v) is 12.8. The SMILES string of the molecule is COc1ccccc1[C@H](Cc1cc(C(C)(C)C(C)=O)c(=O)n2c(C)c(-c3ncco3)sc12)OC(C)C. The van der Waals surface area contributed by atoms with Crippen molar-refractivity contribution in [1.82, 2.24) is 9.38 Å². The third-order valence-corrected chi connectivity index (χ3v) is 7.91. The molecule has 1 aromatic carbocycles. The van der Waals surface area contributed by atoms with Gasteiger partial charge in [-0.15, -0.1) is 11.3 Å². The number of aromatic nitrogens is 2. The molecule has 8 heteroatoms. The van der Waals surface area contributed by atoms with E-state index in [2.05, 4.69) is 4.98 Å². The van der Waals surface area contributed by atoms with Gasteiger partial charge in [-0.1, -0.05) is 18.2 Å². The van der Waals surface area contributed by atoms with Gasteiger partial charge < -0.3 is 13.9 Å². The summed E-state index contributed by atoms with van der Waals surface area (Å²) in [7, 11) is 1.64. The van der Waals surface area contributed by atoms with Crippen molar-refractivity contribution in [3.8, 4) is 16.5 Å². The Kier molecular flexibility index (Phi) is 7.20. The molecule has 0 radical (unpaired) electrons. The lowest BCUT2D eigenvalue weighted by atomic mass is 9.81. The number of oxazole rings is 1. The summed E-state index contributed by atoms with van der Waals surface area (Å²) in [4.78, 5) is 32.2. The maximum atomic E-state index is 13.8. The zero-order chi connectivity index (χ0) is 26.2. The normalized spacial score (nSPS) is 12.9. The van der Waals surface area contributed by atoms with Crippen LogP contribution in [-0.4, -0.2) is 28.4 Å². The fraction of sp³-hybridized carbons (Fsp3) is 0.393. The maximum Gasteiger partial charge on any atom is 0.260 e. The number of carbonyl (C=O) groups excluding carboxylic acids is 1. The van der Waals surface area contributed by atoms with Crippen LogP contribution in [0.4, 0.5) is 0 Å². The summed E-state index contributed by atoms with van der Waals surface area (Å²) >= 11 is 1.45. The number of carbonyl (C=O) groups is 1. The van der Waals surface area contributed by atoms with E-state index in [9.17, 15) is 9.59 Å². The summed E-state index contributed by atoms with van der Waals surface area (Å²) in [6.45, 7) is 11.0. The molecule has 0 aliphatic rings. The number of methoxy groups -OCH3 is 1. The molecule has 0 bridgehead atoms. The Morgan fingerprint density at radius 2 is 1.97 bits per heavy atom. The highest BCUT2D eigenvalue weighted by Gasteiger charge is 2.32. The zero-order valence-corrected chi connectivity index (χ0v) is 22.6. The Labute approximate surface area is 214 Å². The average Bonchev–Trinajstić information content (AvgIpc) is 3.48. The van der Waals surface area contributed by atoms with Crippen LogP contribution >= 0.6 is 11.3 Å². The van der Waals surface area contributed by atoms with E-state index in [4.69, 9.17) is 13.9 Å². The van der Waals surface area contributed by atoms with Crippen molar-refractivity contribution < 1.29 is 18.7 Å². The summed E-state index contributed by atoms with van der Waals surface area (Å²) < 4.78 is 19.3. The van der Waals surface area contributed by atoms with E-state index in [0.29, 0.717) is 17.9 Å². The van der Waals surface area contributed by atoms with Crippen LogP contribution in [0.5, 0.6) is 5.75 Å². The minimum absolute atomic E-state index is 0.0390. The minimum Gasteiger partial charge on any atom is -0.496 e. The van der Waals surface area contributed by atoms with Crippen LogP contribution in [0.25, 0.3) is 15.6 Å². The molecule has 0 N–H and O–H groups in total. The smallest absolute Gasteiger partial charge is 0.260 e. The molecular weight excluding hydrogens is 476 g/mol. The molecule has 4 aromatic rings. The van der Waals surface area contributed by atoms with Gasteiger partial charge in [0, 0.05) is 23.2 Å². The summed E-state index contributed by atoms with van der Waals surface area (Å²) in [5, 5.41) is 0. The van der Waals surface area contributed by atoms with Crippen LogP contribution < -0.4 is 10.3 Å². The Bertz CT molecular complexity index is 1450. The van der Waals surface area contributed by atoms with Gasteiger partial charge in [0.1, 0.15) is 27.5 Å². The number of pyridine rings is 1. The number of benzene rings is 1. The Hall–Kier alpha value is -3.23. The molecule has 0 saturated carbocycles. The molecule has 4 rings (SSSR count). The molecule has 0 aliphatic heterocycles. The molecule has 0 spiro atoms. The lowest BCUT2D eigenvalue weighted by molar-refractivity contribution is -0.121. The van der Waals surface area contributed by atoms with Crippen molar-refractivity contribution in [3.05, 3.63) is 75.5 Å². The number of ether oxygens (including phenoxy) is 2. The maximum absolute atomic E-state index is 13.8. The fourth-order valence-electron chi connectivity index (χ4n) is 4.35. The van der Waals surface area contributed by atoms with Gasteiger partial charge in [0.25, 0.3) is 5.56 Å². The van der Waals surface area contributed by atoms with Gasteiger partial charge in [0.05, 0.1) is 30.9 Å². The standard InChI is InChI=1S/C28H32N2O5S/c1-16(2)35-23(20-10-8-9-11-22(20)33-7)15-19-14-21(28(5,6)18(4)31)26(32)30-17(3)24(36-27(19)30)25-29-12-13-34-25/h8-14,16,23H,15H2,1-7H3/t23-/m0/s1. The number of hydrogen-bond acceptors (Lipinski definition) is 7. The van der Waals surface area contributed by atoms with Crippen molar-refractivity contribution in [3.63, 3.8) is 0 Å². The largest absolute Gasteiger partial charge is 0.496 e. The van der Waals surface area contributed by atoms with Crippen molar-refractivity contribution in [2.75, 3.05) is 7.11 Å². The van der Waals surface area contributed by atoms with E-state index in [0.717, 1.165) is 32.3 Å². The van der Waals surface area contributed by atoms with Gasteiger partial charge >= 0.3 is 0 Å². The second-order valence-electron chi connectivity index (χ2n) is 9.68. The number of rotatable bonds is 9. The molecule has 0 unspecified atom stereocenters. The van der Waals surface area contributed by atoms with Crippen LogP contribution in [0.2, 0.25) is 0 Å². The molecule has 190 valence electrons. The molecule has 0 fully saturated rings. The Balaban J connectivity index is 1.99. The summed E-state index contributed by atoms with van der Waals surface area (Å²) in [6, 6.07) is 9.67. The molecule has 1 atom stereocenters. The summed E-state index contributed by atoms with van der Waals surface area (Å²) in [6.07, 6.45) is 3.21. The molecular formula is C28H32N2O5S. The molecule has 3 heterocycles. The predicted molar refractivity (Wildman–Crippen MR) is 141 cm³/mol. The lowest BCUT2D eigenvalue weighted by Crippen LogP contribution is -2.35. The van der Waals surface area contributed by atoms with Gasteiger partial charge in [-0.2, -0.15) is 0 Å². The van der Waals surface area contributed by atoms with E-state index < -0.39 is 5.41 Å². The minimum atomic E-state index is -0.955. The molecule has 0 amide bonds. The van der Waals surface area contributed by atoms with E-state index in [1.807, 2.05) is 51.1 Å².